The third kappa shape index (κ3) is 2.57. The number of rotatable bonds is 0. The molecule has 0 aromatic heterocycles. The molecule has 0 aliphatic heterocycles. The molecular weight excluding hydrogens is 132 g/mol. The van der Waals surface area contributed by atoms with E-state index in [0.29, 0.717) is 5.38 Å². The van der Waals surface area contributed by atoms with Crippen LogP contribution in [0, 0.1) is 5.92 Å². The molecule has 54 valence electrons. The van der Waals surface area contributed by atoms with Crippen molar-refractivity contribution in [1.29, 1.82) is 0 Å². The lowest BCUT2D eigenvalue weighted by molar-refractivity contribution is 0.505. The summed E-state index contributed by atoms with van der Waals surface area (Å²) in [6.07, 6.45) is 6.56. The molecule has 1 aliphatic rings. The van der Waals surface area contributed by atoms with Crippen molar-refractivity contribution in [2.75, 3.05) is 0 Å². The van der Waals surface area contributed by atoms with Crippen molar-refractivity contribution < 1.29 is 0 Å². The number of hydrogen-bond donors (Lipinski definition) is 0. The molecule has 1 aliphatic carbocycles. The van der Waals surface area contributed by atoms with Crippen LogP contribution in [0.15, 0.2) is 0 Å². The summed E-state index contributed by atoms with van der Waals surface area (Å²) < 4.78 is 0. The number of alkyl halides is 1. The van der Waals surface area contributed by atoms with Gasteiger partial charge in [0.05, 0.1) is 0 Å². The Kier molecular flexibility index (Phi) is 2.84. The van der Waals surface area contributed by atoms with Crippen LogP contribution in [0.25, 0.3) is 0 Å². The van der Waals surface area contributed by atoms with Crippen LogP contribution >= 0.6 is 11.6 Å². The summed E-state index contributed by atoms with van der Waals surface area (Å²) in [5.74, 6) is 0.925. The van der Waals surface area contributed by atoms with Crippen molar-refractivity contribution in [2.45, 2.75) is 44.4 Å². The molecule has 0 aromatic carbocycles. The van der Waals surface area contributed by atoms with E-state index in [-0.39, 0.29) is 0 Å². The van der Waals surface area contributed by atoms with Crippen molar-refractivity contribution in [3.05, 3.63) is 0 Å². The quantitative estimate of drug-likeness (QED) is 0.364. The van der Waals surface area contributed by atoms with Crippen molar-refractivity contribution >= 4 is 11.6 Å². The fourth-order valence-corrected chi connectivity index (χ4v) is 1.72. The van der Waals surface area contributed by atoms with Gasteiger partial charge in [-0.15, -0.1) is 11.6 Å². The average Bonchev–Trinajstić information content (AvgIpc) is 1.97. The van der Waals surface area contributed by atoms with Gasteiger partial charge < -0.3 is 0 Å². The van der Waals surface area contributed by atoms with Gasteiger partial charge in [-0.2, -0.15) is 0 Å². The minimum atomic E-state index is 0.481. The van der Waals surface area contributed by atoms with E-state index >= 15 is 0 Å². The Bertz CT molecular complexity index is 70.6. The van der Waals surface area contributed by atoms with Crippen LogP contribution in [0.4, 0.5) is 0 Å². The Labute approximate surface area is 62.6 Å². The van der Waals surface area contributed by atoms with E-state index in [2.05, 4.69) is 6.92 Å². The lowest BCUT2D eigenvalue weighted by atomic mass is 10.0. The maximum Gasteiger partial charge on any atom is 0.0336 e. The van der Waals surface area contributed by atoms with Gasteiger partial charge in [0.2, 0.25) is 0 Å². The molecule has 1 fully saturated rings. The van der Waals surface area contributed by atoms with Gasteiger partial charge in [0, 0.05) is 5.38 Å². The van der Waals surface area contributed by atoms with Crippen LogP contribution in [0.1, 0.15) is 39.0 Å². The highest BCUT2D eigenvalue weighted by molar-refractivity contribution is 6.20. The molecule has 0 nitrogen and oxygen atoms in total. The van der Waals surface area contributed by atoms with Crippen molar-refractivity contribution in [2.24, 2.45) is 5.92 Å². The van der Waals surface area contributed by atoms with E-state index in [4.69, 9.17) is 11.6 Å². The summed E-state index contributed by atoms with van der Waals surface area (Å²) in [6.45, 7) is 2.33. The number of halogens is 1. The monoisotopic (exact) mass is 146 g/mol. The number of hydrogen-bond acceptors (Lipinski definition) is 0. The lowest BCUT2D eigenvalue weighted by Gasteiger charge is -2.04. The first kappa shape index (κ1) is 7.40. The molecule has 2 unspecified atom stereocenters. The van der Waals surface area contributed by atoms with Gasteiger partial charge in [0.1, 0.15) is 0 Å². The largest absolute Gasteiger partial charge is 0.123 e. The van der Waals surface area contributed by atoms with Crippen LogP contribution in [-0.2, 0) is 0 Å². The summed E-state index contributed by atoms with van der Waals surface area (Å²) in [7, 11) is 0. The van der Waals surface area contributed by atoms with E-state index in [0.717, 1.165) is 5.92 Å². The third-order valence-electron chi connectivity index (χ3n) is 2.19. The Morgan fingerprint density at radius 1 is 1.11 bits per heavy atom. The average molecular weight is 147 g/mol. The first-order chi connectivity index (χ1) is 4.29. The van der Waals surface area contributed by atoms with Crippen molar-refractivity contribution in [1.82, 2.24) is 0 Å². The van der Waals surface area contributed by atoms with Crippen LogP contribution in [0.3, 0.4) is 0 Å². The fourth-order valence-electron chi connectivity index (χ4n) is 1.44. The van der Waals surface area contributed by atoms with Gasteiger partial charge in [-0.05, 0) is 25.2 Å². The fraction of sp³-hybridized carbons (Fsp3) is 1.00. The van der Waals surface area contributed by atoms with Gasteiger partial charge in [-0.3, -0.25) is 0 Å². The predicted molar refractivity (Wildman–Crippen MR) is 41.9 cm³/mol. The van der Waals surface area contributed by atoms with Crippen molar-refractivity contribution in [3.63, 3.8) is 0 Å². The highest BCUT2D eigenvalue weighted by atomic mass is 35.5. The van der Waals surface area contributed by atoms with E-state index in [1.807, 2.05) is 0 Å². The topological polar surface area (TPSA) is 0 Å². The minimum absolute atomic E-state index is 0.481. The molecule has 0 radical (unpaired) electrons. The molecule has 0 bridgehead atoms. The van der Waals surface area contributed by atoms with E-state index in [1.165, 1.54) is 32.1 Å². The first-order valence-electron chi connectivity index (χ1n) is 3.93. The Hall–Kier alpha value is 0.290. The molecule has 0 N–H and O–H groups in total. The highest BCUT2D eigenvalue weighted by Gasteiger charge is 2.12. The van der Waals surface area contributed by atoms with E-state index in [9.17, 15) is 0 Å². The summed E-state index contributed by atoms with van der Waals surface area (Å²) in [5, 5.41) is 0.481. The molecule has 1 heteroatoms. The lowest BCUT2D eigenvalue weighted by Crippen LogP contribution is -1.94. The maximum atomic E-state index is 5.99. The van der Waals surface area contributed by atoms with Crippen LogP contribution in [0.5, 0.6) is 0 Å². The Balaban J connectivity index is 2.25. The van der Waals surface area contributed by atoms with E-state index < -0.39 is 0 Å². The van der Waals surface area contributed by atoms with Crippen molar-refractivity contribution in [3.8, 4) is 0 Å². The summed E-state index contributed by atoms with van der Waals surface area (Å²) >= 11 is 5.99. The van der Waals surface area contributed by atoms with Gasteiger partial charge in [0.15, 0.2) is 0 Å². The Morgan fingerprint density at radius 3 is 2.67 bits per heavy atom. The van der Waals surface area contributed by atoms with Gasteiger partial charge >= 0.3 is 0 Å². The highest BCUT2D eigenvalue weighted by Crippen LogP contribution is 2.25. The molecule has 0 heterocycles. The van der Waals surface area contributed by atoms with Gasteiger partial charge in [-0.1, -0.05) is 19.8 Å². The second kappa shape index (κ2) is 3.46. The SMILES string of the molecule is CC1CCCC(Cl)CC1. The molecule has 2 atom stereocenters. The zero-order chi connectivity index (χ0) is 6.69. The molecule has 0 amide bonds. The second-order valence-electron chi connectivity index (χ2n) is 3.21. The molecule has 1 rings (SSSR count). The molecule has 0 aromatic rings. The maximum absolute atomic E-state index is 5.99. The zero-order valence-electron chi connectivity index (χ0n) is 6.07. The normalized spacial score (nSPS) is 38.0. The molecule has 0 spiro atoms. The zero-order valence-corrected chi connectivity index (χ0v) is 6.82. The first-order valence-corrected chi connectivity index (χ1v) is 4.36. The molecule has 1 saturated carbocycles. The standard InChI is InChI=1S/C8H15Cl/c1-7-3-2-4-8(9)6-5-7/h7-8H,2-6H2,1H3. The van der Waals surface area contributed by atoms with Crippen LogP contribution in [0.2, 0.25) is 0 Å². The summed E-state index contributed by atoms with van der Waals surface area (Å²) in [6, 6.07) is 0. The van der Waals surface area contributed by atoms with E-state index in [1.54, 1.807) is 0 Å². The van der Waals surface area contributed by atoms with Gasteiger partial charge in [-0.25, -0.2) is 0 Å². The summed E-state index contributed by atoms with van der Waals surface area (Å²) in [5.41, 5.74) is 0. The molecule has 0 saturated heterocycles. The third-order valence-corrected chi connectivity index (χ3v) is 2.62. The van der Waals surface area contributed by atoms with Gasteiger partial charge in [0.25, 0.3) is 0 Å². The molecule has 9 heavy (non-hydrogen) atoms. The second-order valence-corrected chi connectivity index (χ2v) is 3.83. The van der Waals surface area contributed by atoms with Crippen LogP contribution < -0.4 is 0 Å². The molecular formula is C8H15Cl. The predicted octanol–water partition coefficient (Wildman–Crippen LogP) is 3.19. The Morgan fingerprint density at radius 2 is 1.89 bits per heavy atom. The summed E-state index contributed by atoms with van der Waals surface area (Å²) in [4.78, 5) is 0. The van der Waals surface area contributed by atoms with Crippen LogP contribution in [-0.4, -0.2) is 5.38 Å². The minimum Gasteiger partial charge on any atom is -0.123 e. The smallest absolute Gasteiger partial charge is 0.0336 e.